The smallest absolute Gasteiger partial charge is 0.355 e. The van der Waals surface area contributed by atoms with Gasteiger partial charge < -0.3 is 14.5 Å². The highest BCUT2D eigenvalue weighted by molar-refractivity contribution is 6.12. The fourth-order valence-electron chi connectivity index (χ4n) is 9.58. The third-order valence-electron chi connectivity index (χ3n) is 12.5. The predicted molar refractivity (Wildman–Crippen MR) is 234 cm³/mol. The molecule has 2 atom stereocenters. The lowest BCUT2D eigenvalue weighted by molar-refractivity contribution is -0.138. The Balaban J connectivity index is 1.01. The number of rotatable bonds is 4. The fraction of sp³-hybridized carbons (Fsp3) is 0.115. The van der Waals surface area contributed by atoms with E-state index in [-0.39, 0.29) is 23.0 Å². The van der Waals surface area contributed by atoms with E-state index in [1.807, 2.05) is 85.8 Å². The SMILES string of the molecule is Cc1cccc(N2c3ccc(C(F)(F)F)cc3C3C=C(c4ccc5[nH]c6ccc(-c7ccc8c(c7)c7cc(C(F)(F)F)ccc7n8-c7cccc(C(F)(F)F)c7)cc6c5c4)C=CC32)c1. The summed E-state index contributed by atoms with van der Waals surface area (Å²) in [6, 6.07) is 36.6. The normalized spacial score (nSPS) is 16.6. The molecule has 1 aliphatic heterocycles. The zero-order valence-corrected chi connectivity index (χ0v) is 33.5. The van der Waals surface area contributed by atoms with Gasteiger partial charge in [0.1, 0.15) is 0 Å². The number of anilines is 2. The molecule has 3 heterocycles. The molecule has 12 heteroatoms. The van der Waals surface area contributed by atoms with Crippen molar-refractivity contribution in [3.05, 3.63) is 191 Å². The van der Waals surface area contributed by atoms with Crippen molar-refractivity contribution in [2.75, 3.05) is 4.90 Å². The van der Waals surface area contributed by atoms with Crippen LogP contribution >= 0.6 is 0 Å². The predicted octanol–water partition coefficient (Wildman–Crippen LogP) is 15.7. The molecule has 2 aromatic heterocycles. The first-order valence-electron chi connectivity index (χ1n) is 20.4. The topological polar surface area (TPSA) is 24.0 Å². The van der Waals surface area contributed by atoms with Crippen LogP contribution in [0.4, 0.5) is 50.9 Å². The molecule has 3 nitrogen and oxygen atoms in total. The highest BCUT2D eigenvalue weighted by atomic mass is 19.4. The standard InChI is InChI=1S/C52H32F9N3/c1-28-4-2-6-36(20-28)63-46-16-10-31(23-40(46)42-26-34(51(56,57)58)12-18-48(42)63)29-8-14-44-38(21-29)39-22-30(9-15-45(39)62-44)32-11-17-47-41(24-32)43-27-35(52(59,60)61)13-19-49(43)64(47)37-7-3-5-33(25-37)50(53,54)55/h2-27,40,46,62H,1H3. The first kappa shape index (κ1) is 39.6. The summed E-state index contributed by atoms with van der Waals surface area (Å²) in [7, 11) is 0. The van der Waals surface area contributed by atoms with Crippen LogP contribution in [0.15, 0.2) is 158 Å². The average Bonchev–Trinajstić information content (AvgIpc) is 3.91. The number of benzene rings is 7. The summed E-state index contributed by atoms with van der Waals surface area (Å²) in [4.78, 5) is 5.55. The van der Waals surface area contributed by atoms with Crippen LogP contribution in [0.25, 0.3) is 66.0 Å². The van der Waals surface area contributed by atoms with Crippen LogP contribution in [-0.4, -0.2) is 15.6 Å². The maximum atomic E-state index is 14.1. The summed E-state index contributed by atoms with van der Waals surface area (Å²) in [5.41, 5.74) is 6.50. The Morgan fingerprint density at radius 1 is 0.500 bits per heavy atom. The van der Waals surface area contributed by atoms with Crippen molar-refractivity contribution < 1.29 is 39.5 Å². The minimum absolute atomic E-state index is 0.156. The van der Waals surface area contributed by atoms with Crippen molar-refractivity contribution in [2.45, 2.75) is 37.4 Å². The molecular weight excluding hydrogens is 838 g/mol. The lowest BCUT2D eigenvalue weighted by Crippen LogP contribution is -2.29. The second kappa shape index (κ2) is 13.9. The van der Waals surface area contributed by atoms with Crippen molar-refractivity contribution in [3.63, 3.8) is 0 Å². The minimum atomic E-state index is -4.65. The number of hydrogen-bond acceptors (Lipinski definition) is 1. The molecule has 0 fully saturated rings. The van der Waals surface area contributed by atoms with Gasteiger partial charge in [-0.25, -0.2) is 0 Å². The molecule has 0 amide bonds. The number of H-pyrrole nitrogens is 1. The van der Waals surface area contributed by atoms with Gasteiger partial charge in [0.05, 0.1) is 33.8 Å². The molecule has 0 radical (unpaired) electrons. The van der Waals surface area contributed by atoms with E-state index >= 15 is 0 Å². The molecule has 0 bridgehead atoms. The van der Waals surface area contributed by atoms with Gasteiger partial charge in [-0.3, -0.25) is 0 Å². The van der Waals surface area contributed by atoms with Crippen molar-refractivity contribution >= 4 is 60.6 Å². The monoisotopic (exact) mass is 869 g/mol. The Bertz CT molecular complexity index is 3450. The van der Waals surface area contributed by atoms with E-state index in [1.165, 1.54) is 24.3 Å². The third-order valence-corrected chi connectivity index (χ3v) is 12.5. The fourth-order valence-corrected chi connectivity index (χ4v) is 9.58. The van der Waals surface area contributed by atoms with E-state index < -0.39 is 35.2 Å². The van der Waals surface area contributed by atoms with Gasteiger partial charge in [0, 0.05) is 55.6 Å². The van der Waals surface area contributed by atoms with Crippen LogP contribution < -0.4 is 4.90 Å². The Kier molecular flexibility index (Phi) is 8.60. The summed E-state index contributed by atoms with van der Waals surface area (Å²) in [6.07, 6.45) is -7.69. The Labute approximate surface area is 359 Å². The number of nitrogens with one attached hydrogen (secondary N) is 1. The molecule has 1 aliphatic carbocycles. The van der Waals surface area contributed by atoms with Gasteiger partial charge >= 0.3 is 18.5 Å². The van der Waals surface area contributed by atoms with Gasteiger partial charge in [-0.2, -0.15) is 39.5 Å². The Morgan fingerprint density at radius 2 is 1.06 bits per heavy atom. The Hall–Kier alpha value is -7.21. The van der Waals surface area contributed by atoms with Crippen LogP contribution in [-0.2, 0) is 18.5 Å². The third kappa shape index (κ3) is 6.45. The van der Waals surface area contributed by atoms with E-state index in [0.29, 0.717) is 27.5 Å². The van der Waals surface area contributed by atoms with Crippen molar-refractivity contribution in [2.24, 2.45) is 0 Å². The van der Waals surface area contributed by atoms with Gasteiger partial charge in [-0.1, -0.05) is 54.6 Å². The van der Waals surface area contributed by atoms with Gasteiger partial charge in [-0.15, -0.1) is 0 Å². The molecular formula is C52H32F9N3. The molecule has 0 saturated carbocycles. The number of aromatic amines is 1. The summed E-state index contributed by atoms with van der Waals surface area (Å²) >= 11 is 0. The molecule has 318 valence electrons. The Morgan fingerprint density at radius 3 is 1.77 bits per heavy atom. The number of aryl methyl sites for hydroxylation is 1. The van der Waals surface area contributed by atoms with Gasteiger partial charge in [0.2, 0.25) is 0 Å². The molecule has 1 N–H and O–H groups in total. The second-order valence-electron chi connectivity index (χ2n) is 16.5. The van der Waals surface area contributed by atoms with E-state index in [0.717, 1.165) is 85.8 Å². The number of halogens is 9. The van der Waals surface area contributed by atoms with Crippen molar-refractivity contribution in [1.29, 1.82) is 0 Å². The maximum absolute atomic E-state index is 14.1. The number of aromatic nitrogens is 2. The van der Waals surface area contributed by atoms with Crippen LogP contribution in [0, 0.1) is 6.92 Å². The first-order chi connectivity index (χ1) is 30.5. The molecule has 2 aliphatic rings. The molecule has 0 saturated heterocycles. The number of nitrogens with zero attached hydrogens (tertiary/aromatic N) is 2. The van der Waals surface area contributed by atoms with E-state index in [1.54, 1.807) is 28.8 Å². The quantitative estimate of drug-likeness (QED) is 0.175. The maximum Gasteiger partial charge on any atom is 0.416 e. The number of fused-ring (bicyclic) bond motifs is 9. The molecule has 11 rings (SSSR count). The lowest BCUT2D eigenvalue weighted by Gasteiger charge is -2.30. The second-order valence-corrected chi connectivity index (χ2v) is 16.5. The van der Waals surface area contributed by atoms with Gasteiger partial charge in [0.25, 0.3) is 0 Å². The highest BCUT2D eigenvalue weighted by Crippen LogP contribution is 2.51. The van der Waals surface area contributed by atoms with Crippen LogP contribution in [0.2, 0.25) is 0 Å². The lowest BCUT2D eigenvalue weighted by atomic mass is 9.85. The highest BCUT2D eigenvalue weighted by Gasteiger charge is 2.41. The average molecular weight is 870 g/mol. The molecule has 7 aromatic carbocycles. The number of allylic oxidation sites excluding steroid dienone is 2. The van der Waals surface area contributed by atoms with Crippen molar-refractivity contribution in [3.8, 4) is 16.8 Å². The zero-order valence-electron chi connectivity index (χ0n) is 33.5. The summed E-state index contributed by atoms with van der Waals surface area (Å²) in [5, 5.41) is 2.42. The number of alkyl halides is 9. The number of hydrogen-bond donors (Lipinski definition) is 1. The van der Waals surface area contributed by atoms with E-state index in [4.69, 9.17) is 0 Å². The molecule has 64 heavy (non-hydrogen) atoms. The molecule has 2 unspecified atom stereocenters. The van der Waals surface area contributed by atoms with Crippen LogP contribution in [0.3, 0.4) is 0 Å². The first-order valence-corrected chi connectivity index (χ1v) is 20.4. The van der Waals surface area contributed by atoms with Crippen molar-refractivity contribution in [1.82, 2.24) is 9.55 Å². The van der Waals surface area contributed by atoms with E-state index in [2.05, 4.69) is 9.88 Å². The van der Waals surface area contributed by atoms with Gasteiger partial charge in [-0.05, 0) is 143 Å². The summed E-state index contributed by atoms with van der Waals surface area (Å²) in [6.45, 7) is 1.98. The summed E-state index contributed by atoms with van der Waals surface area (Å²) in [5.74, 6) is -0.371. The largest absolute Gasteiger partial charge is 0.416 e. The summed E-state index contributed by atoms with van der Waals surface area (Å²) < 4.78 is 127. The molecule has 0 spiro atoms. The minimum Gasteiger partial charge on any atom is -0.355 e. The zero-order chi connectivity index (χ0) is 44.4. The van der Waals surface area contributed by atoms with Gasteiger partial charge in [0.15, 0.2) is 0 Å². The van der Waals surface area contributed by atoms with Crippen LogP contribution in [0.1, 0.15) is 39.3 Å². The van der Waals surface area contributed by atoms with Crippen LogP contribution in [0.5, 0.6) is 0 Å². The molecule has 9 aromatic rings. The van der Waals surface area contributed by atoms with E-state index in [9.17, 15) is 39.5 Å².